The molecule has 5 aromatic rings. The summed E-state index contributed by atoms with van der Waals surface area (Å²) in [7, 11) is -3.91. The first-order chi connectivity index (χ1) is 21.2. The van der Waals surface area contributed by atoms with Gasteiger partial charge in [-0.15, -0.1) is 16.4 Å². The first-order valence-electron chi connectivity index (χ1n) is 13.7. The Morgan fingerprint density at radius 1 is 1.00 bits per heavy atom. The van der Waals surface area contributed by atoms with Crippen molar-refractivity contribution < 1.29 is 27.5 Å². The van der Waals surface area contributed by atoms with E-state index in [4.69, 9.17) is 14.6 Å². The van der Waals surface area contributed by atoms with E-state index >= 15 is 0 Å². The molecule has 228 valence electrons. The third-order valence-corrected chi connectivity index (χ3v) is 8.93. The first-order valence-corrected chi connectivity index (χ1v) is 16.1. The Hall–Kier alpha value is -4.66. The van der Waals surface area contributed by atoms with Gasteiger partial charge in [0.15, 0.2) is 0 Å². The number of aromatic nitrogens is 4. The first kappa shape index (κ1) is 30.8. The highest BCUT2D eigenvalue weighted by Gasteiger charge is 2.29. The highest BCUT2D eigenvalue weighted by Crippen LogP contribution is 2.28. The highest BCUT2D eigenvalue weighted by atomic mass is 32.2. The zero-order valence-electron chi connectivity index (χ0n) is 23.7. The van der Waals surface area contributed by atoms with E-state index in [1.807, 2.05) is 60.7 Å². The fourth-order valence-corrected chi connectivity index (χ4v) is 6.17. The summed E-state index contributed by atoms with van der Waals surface area (Å²) in [5.74, 6) is -0.472. The molecule has 0 aliphatic heterocycles. The van der Waals surface area contributed by atoms with Crippen molar-refractivity contribution in [2.24, 2.45) is 5.14 Å². The summed E-state index contributed by atoms with van der Waals surface area (Å²) in [6, 6.07) is 22.1. The Morgan fingerprint density at radius 3 is 2.34 bits per heavy atom. The van der Waals surface area contributed by atoms with E-state index in [-0.39, 0.29) is 24.0 Å². The van der Waals surface area contributed by atoms with Crippen LogP contribution in [0.25, 0.3) is 10.2 Å². The Labute approximate surface area is 257 Å². The van der Waals surface area contributed by atoms with Crippen molar-refractivity contribution in [2.75, 3.05) is 6.61 Å². The molecule has 0 bridgehead atoms. The summed E-state index contributed by atoms with van der Waals surface area (Å²) in [5, 5.41) is 16.5. The maximum Gasteiger partial charge on any atom is 0.328 e. The van der Waals surface area contributed by atoms with Gasteiger partial charge in [-0.3, -0.25) is 4.79 Å². The molecule has 0 aliphatic carbocycles. The average Bonchev–Trinajstić information content (AvgIpc) is 3.67. The second kappa shape index (κ2) is 13.8. The topological polar surface area (TPSA) is 168 Å². The van der Waals surface area contributed by atoms with Gasteiger partial charge in [0.25, 0.3) is 10.0 Å². The van der Waals surface area contributed by atoms with Gasteiger partial charge in [0.05, 0.1) is 23.0 Å². The number of hydrogen-bond donors (Lipinski definition) is 2. The molecule has 3 N–H and O–H groups in total. The summed E-state index contributed by atoms with van der Waals surface area (Å²) in [6.45, 7) is 1.93. The quantitative estimate of drug-likeness (QED) is 0.185. The molecule has 5 rings (SSSR count). The lowest BCUT2D eigenvalue weighted by Crippen LogP contribution is -2.46. The zero-order chi connectivity index (χ0) is 31.1. The smallest absolute Gasteiger partial charge is 0.328 e. The van der Waals surface area contributed by atoms with Crippen molar-refractivity contribution in [1.82, 2.24) is 25.3 Å². The van der Waals surface area contributed by atoms with Gasteiger partial charge in [0.1, 0.15) is 30.1 Å². The van der Waals surface area contributed by atoms with Crippen molar-refractivity contribution in [2.45, 2.75) is 42.8 Å². The number of carbonyl (C=O) groups is 2. The van der Waals surface area contributed by atoms with E-state index in [0.717, 1.165) is 22.5 Å². The van der Waals surface area contributed by atoms with E-state index in [0.29, 0.717) is 28.1 Å². The number of nitrogens with one attached hydrogen (secondary N) is 1. The number of nitrogens with zero attached hydrogens (tertiary/aromatic N) is 4. The average molecular weight is 635 g/mol. The number of fused-ring (bicyclic) bond motifs is 1. The van der Waals surface area contributed by atoms with Gasteiger partial charge in [0, 0.05) is 12.8 Å². The van der Waals surface area contributed by atoms with Crippen LogP contribution in [0, 0.1) is 0 Å². The van der Waals surface area contributed by atoms with Gasteiger partial charge in [-0.05, 0) is 36.2 Å². The predicted octanol–water partition coefficient (Wildman–Crippen LogP) is 3.19. The molecule has 0 aliphatic rings. The van der Waals surface area contributed by atoms with Crippen LogP contribution in [0.2, 0.25) is 0 Å². The van der Waals surface area contributed by atoms with Crippen LogP contribution < -0.4 is 15.2 Å². The highest BCUT2D eigenvalue weighted by molar-refractivity contribution is 7.91. The molecule has 0 saturated heterocycles. The van der Waals surface area contributed by atoms with Crippen LogP contribution >= 0.6 is 11.3 Å². The van der Waals surface area contributed by atoms with E-state index in [2.05, 4.69) is 20.6 Å². The molecule has 12 nitrogen and oxygen atoms in total. The molecule has 0 spiro atoms. The largest absolute Gasteiger partial charge is 0.487 e. The van der Waals surface area contributed by atoms with Crippen LogP contribution in [0.1, 0.15) is 29.8 Å². The van der Waals surface area contributed by atoms with E-state index in [9.17, 15) is 18.0 Å². The number of sulfonamides is 1. The lowest BCUT2D eigenvalue weighted by molar-refractivity contribution is -0.147. The zero-order valence-corrected chi connectivity index (χ0v) is 25.3. The molecule has 44 heavy (non-hydrogen) atoms. The standard InChI is InChI=1S/C30H30N6O6S2/c1-2-41-29(38)25(15-20-9-5-3-6-10-20)32-28(37)26(16-21-11-7-4-8-12-21)36-18-22(34-35-36)19-42-23-13-14-24-27(17-23)43-30(33-24)44(31,39)40/h3-14,17-18,25-26H,2,15-16,19H2,1H3,(H,32,37)(H2,31,39,40)/t25-,26+/m1/s1. The Balaban J connectivity index is 1.33. The second-order valence-electron chi connectivity index (χ2n) is 9.84. The number of nitrogens with two attached hydrogens (primary N) is 1. The van der Waals surface area contributed by atoms with E-state index < -0.39 is 34.0 Å². The van der Waals surface area contributed by atoms with Gasteiger partial charge in [0.2, 0.25) is 10.2 Å². The number of primary sulfonamides is 1. The number of hydrogen-bond acceptors (Lipinski definition) is 10. The number of ether oxygens (including phenoxy) is 2. The third-order valence-electron chi connectivity index (χ3n) is 6.59. The molecule has 3 aromatic carbocycles. The normalized spacial score (nSPS) is 12.9. The second-order valence-corrected chi connectivity index (χ2v) is 12.6. The lowest BCUT2D eigenvalue weighted by atomic mass is 10.0. The van der Waals surface area contributed by atoms with Crippen LogP contribution in [-0.2, 0) is 43.8 Å². The monoisotopic (exact) mass is 634 g/mol. The van der Waals surface area contributed by atoms with Gasteiger partial charge in [-0.2, -0.15) is 0 Å². The fraction of sp³-hybridized carbons (Fsp3) is 0.233. The number of benzene rings is 3. The van der Waals surface area contributed by atoms with Crippen LogP contribution in [-0.4, -0.2) is 52.9 Å². The molecule has 2 atom stereocenters. The molecular weight excluding hydrogens is 605 g/mol. The van der Waals surface area contributed by atoms with Crippen molar-refractivity contribution >= 4 is 43.5 Å². The molecule has 0 unspecified atom stereocenters. The maximum atomic E-state index is 13.7. The van der Waals surface area contributed by atoms with Crippen molar-refractivity contribution in [1.29, 1.82) is 0 Å². The van der Waals surface area contributed by atoms with Gasteiger partial charge in [-0.1, -0.05) is 65.9 Å². The molecule has 14 heteroatoms. The Kier molecular flexibility index (Phi) is 9.62. The number of esters is 1. The van der Waals surface area contributed by atoms with Crippen LogP contribution in [0.5, 0.6) is 5.75 Å². The third kappa shape index (κ3) is 7.83. The van der Waals surface area contributed by atoms with Gasteiger partial charge < -0.3 is 14.8 Å². The number of rotatable bonds is 13. The summed E-state index contributed by atoms with van der Waals surface area (Å²) < 4.78 is 36.3. The van der Waals surface area contributed by atoms with Crippen molar-refractivity contribution in [3.05, 3.63) is 102 Å². The molecular formula is C30H30N6O6S2. The van der Waals surface area contributed by atoms with E-state index in [1.165, 1.54) is 4.68 Å². The molecule has 0 saturated carbocycles. The van der Waals surface area contributed by atoms with Crippen molar-refractivity contribution in [3.63, 3.8) is 0 Å². The SMILES string of the molecule is CCOC(=O)[C@@H](Cc1ccccc1)NC(=O)[C@H](Cc1ccccc1)n1cc(COc2ccc3nc(S(N)(=O)=O)sc3c2)nn1. The Morgan fingerprint density at radius 2 is 1.68 bits per heavy atom. The number of thiazole rings is 1. The maximum absolute atomic E-state index is 13.7. The predicted molar refractivity (Wildman–Crippen MR) is 163 cm³/mol. The Bertz CT molecular complexity index is 1840. The fourth-order valence-electron chi connectivity index (χ4n) is 4.48. The van der Waals surface area contributed by atoms with E-state index in [1.54, 1.807) is 31.3 Å². The van der Waals surface area contributed by atoms with Crippen LogP contribution in [0.15, 0.2) is 89.4 Å². The summed E-state index contributed by atoms with van der Waals surface area (Å²) in [5.41, 5.74) is 2.72. The summed E-state index contributed by atoms with van der Waals surface area (Å²) >= 11 is 0.949. The number of carbonyl (C=O) groups excluding carboxylic acids is 2. The summed E-state index contributed by atoms with van der Waals surface area (Å²) in [4.78, 5) is 30.6. The molecule has 2 heterocycles. The lowest BCUT2D eigenvalue weighted by Gasteiger charge is -2.22. The molecule has 1 amide bonds. The minimum atomic E-state index is -3.91. The van der Waals surface area contributed by atoms with Crippen LogP contribution in [0.3, 0.4) is 0 Å². The molecule has 2 aromatic heterocycles. The van der Waals surface area contributed by atoms with Gasteiger partial charge in [-0.25, -0.2) is 28.0 Å². The minimum Gasteiger partial charge on any atom is -0.487 e. The number of amides is 1. The van der Waals surface area contributed by atoms with Crippen LogP contribution in [0.4, 0.5) is 0 Å². The molecule has 0 radical (unpaired) electrons. The minimum absolute atomic E-state index is 0.0332. The summed E-state index contributed by atoms with van der Waals surface area (Å²) in [6.07, 6.45) is 2.18. The van der Waals surface area contributed by atoms with Gasteiger partial charge >= 0.3 is 5.97 Å². The molecule has 0 fully saturated rings. The van der Waals surface area contributed by atoms with Crippen molar-refractivity contribution in [3.8, 4) is 5.75 Å².